The van der Waals surface area contributed by atoms with Gasteiger partial charge in [0, 0.05) is 35.0 Å². The molecular weight excluding hydrogens is 440 g/mol. The third-order valence-electron chi connectivity index (χ3n) is 13.1. The molecule has 5 nitrogen and oxygen atoms in total. The fourth-order valence-electron chi connectivity index (χ4n) is 11.7. The zero-order valence-electron chi connectivity index (χ0n) is 22.6. The Balaban J connectivity index is 1.36. The Kier molecular flexibility index (Phi) is 4.08. The largest absolute Gasteiger partial charge is 0.392 e. The summed E-state index contributed by atoms with van der Waals surface area (Å²) in [5.41, 5.74) is -0.301. The van der Waals surface area contributed by atoms with Gasteiger partial charge >= 0.3 is 0 Å². The first-order valence-electron chi connectivity index (χ1n) is 14.1. The number of Topliss-reactive ketones (excluding diaryl/α,β-unsaturated/α-hetero) is 1. The molecule has 0 amide bonds. The second-order valence-electron chi connectivity index (χ2n) is 15.4. The van der Waals surface area contributed by atoms with Gasteiger partial charge in [-0.15, -0.1) is 0 Å². The number of ether oxygens (including phenoxy) is 2. The third-order valence-corrected chi connectivity index (χ3v) is 13.1. The molecule has 2 N–H and O–H groups in total. The molecule has 0 radical (unpaired) electrons. The van der Waals surface area contributed by atoms with E-state index in [9.17, 15) is 15.0 Å². The molecule has 2 heterocycles. The van der Waals surface area contributed by atoms with Crippen LogP contribution in [0, 0.1) is 44.8 Å². The minimum absolute atomic E-state index is 0.0465. The van der Waals surface area contributed by atoms with Gasteiger partial charge in [0.25, 0.3) is 0 Å². The quantitative estimate of drug-likeness (QED) is 0.524. The summed E-state index contributed by atoms with van der Waals surface area (Å²) in [5.74, 6) is 0.568. The summed E-state index contributed by atoms with van der Waals surface area (Å²) in [6, 6.07) is 0. The summed E-state index contributed by atoms with van der Waals surface area (Å²) >= 11 is 0. The molecule has 3 spiro atoms. The van der Waals surface area contributed by atoms with Crippen molar-refractivity contribution in [1.82, 2.24) is 0 Å². The number of ketones is 1. The summed E-state index contributed by atoms with van der Waals surface area (Å²) in [6.07, 6.45) is 7.57. The van der Waals surface area contributed by atoms with Crippen molar-refractivity contribution in [3.8, 4) is 0 Å². The number of carbonyl (C=O) groups excluding carboxylic acids is 1. The molecule has 0 aromatic rings. The first-order chi connectivity index (χ1) is 16.1. The Bertz CT molecular complexity index is 1060. The van der Waals surface area contributed by atoms with Gasteiger partial charge in [0.1, 0.15) is 11.9 Å². The van der Waals surface area contributed by atoms with E-state index < -0.39 is 17.5 Å². The smallest absolute Gasteiger partial charge is 0.173 e. The predicted octanol–water partition coefficient (Wildman–Crippen LogP) is 4.79. The average molecular weight is 485 g/mol. The third kappa shape index (κ3) is 2.28. The molecule has 5 aliphatic carbocycles. The number of allylic oxidation sites excluding steroid dienone is 1. The summed E-state index contributed by atoms with van der Waals surface area (Å²) in [7, 11) is 0. The molecule has 5 heteroatoms. The number of hydrogen-bond donors (Lipinski definition) is 2. The van der Waals surface area contributed by atoms with Gasteiger partial charge in [-0.05, 0) is 68.6 Å². The zero-order chi connectivity index (χ0) is 25.2. The van der Waals surface area contributed by atoms with Gasteiger partial charge in [-0.2, -0.15) is 0 Å². The maximum Gasteiger partial charge on any atom is 0.173 e. The van der Waals surface area contributed by atoms with Crippen molar-refractivity contribution in [3.05, 3.63) is 11.6 Å². The molecule has 2 bridgehead atoms. The number of aliphatic hydroxyl groups is 2. The highest BCUT2D eigenvalue weighted by Crippen LogP contribution is 2.88. The summed E-state index contributed by atoms with van der Waals surface area (Å²) in [5, 5.41) is 23.0. The molecule has 0 aromatic carbocycles. The van der Waals surface area contributed by atoms with E-state index in [1.807, 2.05) is 13.8 Å². The molecule has 11 atom stereocenters. The van der Waals surface area contributed by atoms with Crippen LogP contribution in [0.15, 0.2) is 11.6 Å². The Hall–Kier alpha value is -0.750. The molecular formula is C30H44O5. The molecule has 0 aromatic heterocycles. The van der Waals surface area contributed by atoms with Crippen LogP contribution >= 0.6 is 0 Å². The molecule has 11 unspecified atom stereocenters. The van der Waals surface area contributed by atoms with Crippen molar-refractivity contribution >= 4 is 5.78 Å². The van der Waals surface area contributed by atoms with E-state index in [4.69, 9.17) is 9.47 Å². The van der Waals surface area contributed by atoms with Gasteiger partial charge in [-0.25, -0.2) is 0 Å². The highest BCUT2D eigenvalue weighted by molar-refractivity contribution is 5.86. The molecule has 4 saturated carbocycles. The normalized spacial score (nSPS) is 59.6. The van der Waals surface area contributed by atoms with Gasteiger partial charge in [-0.3, -0.25) is 4.79 Å². The highest BCUT2D eigenvalue weighted by atomic mass is 16.8. The second kappa shape index (κ2) is 6.11. The minimum atomic E-state index is -0.961. The average Bonchev–Trinajstić information content (AvgIpc) is 3.26. The Morgan fingerprint density at radius 1 is 1.11 bits per heavy atom. The van der Waals surface area contributed by atoms with Crippen LogP contribution in [-0.4, -0.2) is 45.7 Å². The Labute approximate surface area is 210 Å². The molecule has 2 aliphatic heterocycles. The van der Waals surface area contributed by atoms with Crippen LogP contribution in [0.5, 0.6) is 0 Å². The maximum atomic E-state index is 12.9. The predicted molar refractivity (Wildman–Crippen MR) is 131 cm³/mol. The van der Waals surface area contributed by atoms with E-state index in [1.54, 1.807) is 0 Å². The number of aliphatic hydroxyl groups excluding tert-OH is 1. The fraction of sp³-hybridized carbons (Fsp3) is 0.900. The Morgan fingerprint density at radius 2 is 1.83 bits per heavy atom. The lowest BCUT2D eigenvalue weighted by Crippen LogP contribution is -2.58. The summed E-state index contributed by atoms with van der Waals surface area (Å²) in [6.45, 7) is 15.1. The topological polar surface area (TPSA) is 76.0 Å². The van der Waals surface area contributed by atoms with Crippen molar-refractivity contribution in [2.45, 2.75) is 123 Å². The van der Waals surface area contributed by atoms with Crippen molar-refractivity contribution in [1.29, 1.82) is 0 Å². The van der Waals surface area contributed by atoms with Gasteiger partial charge in [-0.1, -0.05) is 46.3 Å². The van der Waals surface area contributed by atoms with Crippen LogP contribution in [0.1, 0.15) is 93.4 Å². The first kappa shape index (κ1) is 23.4. The minimum Gasteiger partial charge on any atom is -0.392 e. The van der Waals surface area contributed by atoms with E-state index in [0.717, 1.165) is 38.5 Å². The van der Waals surface area contributed by atoms with Gasteiger partial charge in [0.05, 0.1) is 17.8 Å². The monoisotopic (exact) mass is 484 g/mol. The zero-order valence-corrected chi connectivity index (χ0v) is 22.6. The Morgan fingerprint density at radius 3 is 2.51 bits per heavy atom. The molecule has 2 saturated heterocycles. The van der Waals surface area contributed by atoms with Gasteiger partial charge in [0.15, 0.2) is 5.79 Å². The van der Waals surface area contributed by atoms with E-state index in [2.05, 4.69) is 40.7 Å². The number of fused-ring (bicyclic) bond motifs is 4. The number of carbonyl (C=O) groups is 1. The molecule has 7 rings (SSSR count). The van der Waals surface area contributed by atoms with E-state index in [1.165, 1.54) is 5.57 Å². The van der Waals surface area contributed by atoms with E-state index >= 15 is 0 Å². The fourth-order valence-corrected chi connectivity index (χ4v) is 11.7. The maximum absolute atomic E-state index is 12.9. The lowest BCUT2D eigenvalue weighted by atomic mass is 9.44. The van der Waals surface area contributed by atoms with Crippen molar-refractivity contribution in [2.24, 2.45) is 44.8 Å². The lowest BCUT2D eigenvalue weighted by Gasteiger charge is -2.60. The SMILES string of the molecule is CC1CC2OC3(CC4(C)C5=CCC6C(C)(C)C(=O)CCC67CC57C(O)CC4(C)C13)OC2C(C)(C)O. The lowest BCUT2D eigenvalue weighted by molar-refractivity contribution is -0.246. The second-order valence-corrected chi connectivity index (χ2v) is 15.4. The van der Waals surface area contributed by atoms with Crippen LogP contribution in [-0.2, 0) is 14.3 Å². The summed E-state index contributed by atoms with van der Waals surface area (Å²) in [4.78, 5) is 12.9. The van der Waals surface area contributed by atoms with Crippen molar-refractivity contribution < 1.29 is 24.5 Å². The summed E-state index contributed by atoms with van der Waals surface area (Å²) < 4.78 is 13.7. The van der Waals surface area contributed by atoms with Crippen molar-refractivity contribution in [3.63, 3.8) is 0 Å². The van der Waals surface area contributed by atoms with Gasteiger partial charge in [0.2, 0.25) is 0 Å². The van der Waals surface area contributed by atoms with E-state index in [-0.39, 0.29) is 45.2 Å². The van der Waals surface area contributed by atoms with Crippen LogP contribution in [0.25, 0.3) is 0 Å². The standard InChI is InChI=1S/C30H44O5/c1-16-12-17-23(25(4,5)33)35-30(34-17)14-27(7)19-9-8-18-24(2,3)20(31)10-11-28(18)15-29(19,28)21(32)13-26(27,6)22(16)30/h9,16-18,21-23,32-33H,8,10-15H2,1-7H3. The van der Waals surface area contributed by atoms with E-state index in [0.29, 0.717) is 24.0 Å². The van der Waals surface area contributed by atoms with Crippen LogP contribution in [0.4, 0.5) is 0 Å². The molecule has 194 valence electrons. The number of rotatable bonds is 1. The highest BCUT2D eigenvalue weighted by Gasteiger charge is 2.86. The number of hydrogen-bond acceptors (Lipinski definition) is 5. The van der Waals surface area contributed by atoms with Gasteiger partial charge < -0.3 is 19.7 Å². The molecule has 7 aliphatic rings. The van der Waals surface area contributed by atoms with Crippen LogP contribution in [0.3, 0.4) is 0 Å². The molecule has 6 fully saturated rings. The first-order valence-corrected chi connectivity index (χ1v) is 14.1. The van der Waals surface area contributed by atoms with Crippen molar-refractivity contribution in [2.75, 3.05) is 0 Å². The van der Waals surface area contributed by atoms with Crippen LogP contribution in [0.2, 0.25) is 0 Å². The van der Waals surface area contributed by atoms with Crippen LogP contribution < -0.4 is 0 Å². The molecule has 35 heavy (non-hydrogen) atoms.